The highest BCUT2D eigenvalue weighted by Crippen LogP contribution is 2.35. The molecular weight excluding hydrogens is 347 g/mol. The van der Waals surface area contributed by atoms with E-state index < -0.39 is 10.0 Å². The van der Waals surface area contributed by atoms with Crippen molar-refractivity contribution in [1.82, 2.24) is 0 Å². The first-order valence-electron chi connectivity index (χ1n) is 7.62. The first kappa shape index (κ1) is 17.2. The standard InChI is InChI=1S/C17H17FN2O4S/c1-25(22,23)20-8-9-24-16-11-14(6-7-15(16)20)19-17(21)10-12-2-4-13(18)5-3-12/h2-7,11H,8-10H2,1H3,(H,19,21). The molecule has 1 aliphatic heterocycles. The van der Waals surface area contributed by atoms with Crippen molar-refractivity contribution in [2.24, 2.45) is 0 Å². The summed E-state index contributed by atoms with van der Waals surface area (Å²) in [5.74, 6) is -0.218. The number of sulfonamides is 1. The molecule has 1 aliphatic rings. The van der Waals surface area contributed by atoms with Gasteiger partial charge in [-0.25, -0.2) is 12.8 Å². The highest BCUT2D eigenvalue weighted by Gasteiger charge is 2.25. The average molecular weight is 364 g/mol. The van der Waals surface area contributed by atoms with Crippen molar-refractivity contribution in [3.05, 3.63) is 53.8 Å². The summed E-state index contributed by atoms with van der Waals surface area (Å²) in [6.07, 6.45) is 1.24. The van der Waals surface area contributed by atoms with E-state index in [0.717, 1.165) is 6.26 Å². The van der Waals surface area contributed by atoms with Gasteiger partial charge in [0.2, 0.25) is 15.9 Å². The summed E-state index contributed by atoms with van der Waals surface area (Å²) in [7, 11) is -3.38. The van der Waals surface area contributed by atoms with Gasteiger partial charge in [-0.1, -0.05) is 12.1 Å². The van der Waals surface area contributed by atoms with Crippen molar-refractivity contribution >= 4 is 27.3 Å². The number of benzene rings is 2. The molecule has 2 aromatic carbocycles. The summed E-state index contributed by atoms with van der Waals surface area (Å²) >= 11 is 0. The molecule has 2 aromatic rings. The van der Waals surface area contributed by atoms with Crippen LogP contribution in [0.1, 0.15) is 5.56 Å². The molecule has 0 saturated heterocycles. The molecule has 1 heterocycles. The zero-order valence-electron chi connectivity index (χ0n) is 13.5. The third-order valence-electron chi connectivity index (χ3n) is 3.74. The van der Waals surface area contributed by atoms with E-state index in [2.05, 4.69) is 5.32 Å². The molecule has 0 unspecified atom stereocenters. The van der Waals surface area contributed by atoms with E-state index in [1.54, 1.807) is 30.3 Å². The molecular formula is C17H17FN2O4S. The Morgan fingerprint density at radius 1 is 1.24 bits per heavy atom. The Morgan fingerprint density at radius 2 is 1.96 bits per heavy atom. The molecule has 0 bridgehead atoms. The van der Waals surface area contributed by atoms with Crippen LogP contribution >= 0.6 is 0 Å². The van der Waals surface area contributed by atoms with Crippen LogP contribution in [-0.4, -0.2) is 33.7 Å². The van der Waals surface area contributed by atoms with Crippen LogP contribution in [0.3, 0.4) is 0 Å². The van der Waals surface area contributed by atoms with Gasteiger partial charge in [0.15, 0.2) is 0 Å². The van der Waals surface area contributed by atoms with Gasteiger partial charge >= 0.3 is 0 Å². The van der Waals surface area contributed by atoms with Gasteiger partial charge in [-0.2, -0.15) is 0 Å². The lowest BCUT2D eigenvalue weighted by molar-refractivity contribution is -0.115. The number of hydrogen-bond acceptors (Lipinski definition) is 4. The Hall–Kier alpha value is -2.61. The molecule has 1 amide bonds. The summed E-state index contributed by atoms with van der Waals surface area (Å²) < 4.78 is 43.3. The predicted molar refractivity (Wildman–Crippen MR) is 92.9 cm³/mol. The predicted octanol–water partition coefficient (Wildman–Crippen LogP) is 2.17. The van der Waals surface area contributed by atoms with E-state index in [0.29, 0.717) is 22.7 Å². The minimum absolute atomic E-state index is 0.105. The van der Waals surface area contributed by atoms with Gasteiger partial charge in [-0.3, -0.25) is 9.10 Å². The van der Waals surface area contributed by atoms with Crippen molar-refractivity contribution < 1.29 is 22.3 Å². The summed E-state index contributed by atoms with van der Waals surface area (Å²) in [6, 6.07) is 10.5. The van der Waals surface area contributed by atoms with Gasteiger partial charge in [-0.05, 0) is 29.8 Å². The topological polar surface area (TPSA) is 75.7 Å². The maximum absolute atomic E-state index is 12.9. The van der Waals surface area contributed by atoms with Crippen LogP contribution in [0.5, 0.6) is 5.75 Å². The van der Waals surface area contributed by atoms with Gasteiger partial charge in [0, 0.05) is 11.8 Å². The maximum atomic E-state index is 12.9. The maximum Gasteiger partial charge on any atom is 0.232 e. The van der Waals surface area contributed by atoms with Crippen LogP contribution in [0.25, 0.3) is 0 Å². The molecule has 0 aliphatic carbocycles. The Labute approximate surface area is 145 Å². The molecule has 6 nitrogen and oxygen atoms in total. The first-order valence-corrected chi connectivity index (χ1v) is 9.46. The van der Waals surface area contributed by atoms with Gasteiger partial charge in [0.05, 0.1) is 24.9 Å². The minimum atomic E-state index is -3.38. The molecule has 3 rings (SSSR count). The lowest BCUT2D eigenvalue weighted by atomic mass is 10.1. The summed E-state index contributed by atoms with van der Waals surface area (Å²) in [5, 5.41) is 2.73. The van der Waals surface area contributed by atoms with E-state index in [4.69, 9.17) is 4.74 Å². The van der Waals surface area contributed by atoms with Crippen LogP contribution in [0.2, 0.25) is 0 Å². The van der Waals surface area contributed by atoms with E-state index in [9.17, 15) is 17.6 Å². The van der Waals surface area contributed by atoms with Crippen molar-refractivity contribution in [2.75, 3.05) is 29.0 Å². The zero-order chi connectivity index (χ0) is 18.0. The number of amides is 1. The van der Waals surface area contributed by atoms with Crippen LogP contribution in [-0.2, 0) is 21.2 Å². The number of carbonyl (C=O) groups is 1. The molecule has 0 atom stereocenters. The summed E-state index contributed by atoms with van der Waals surface area (Å²) in [4.78, 5) is 12.1. The molecule has 132 valence electrons. The fourth-order valence-electron chi connectivity index (χ4n) is 2.61. The van der Waals surface area contributed by atoms with Crippen LogP contribution in [0.4, 0.5) is 15.8 Å². The number of fused-ring (bicyclic) bond motifs is 1. The number of nitrogens with zero attached hydrogens (tertiary/aromatic N) is 1. The van der Waals surface area contributed by atoms with Gasteiger partial charge in [-0.15, -0.1) is 0 Å². The van der Waals surface area contributed by atoms with E-state index in [1.807, 2.05) is 0 Å². The third-order valence-corrected chi connectivity index (χ3v) is 4.92. The summed E-state index contributed by atoms with van der Waals surface area (Å²) in [6.45, 7) is 0.495. The second-order valence-electron chi connectivity index (χ2n) is 5.72. The van der Waals surface area contributed by atoms with E-state index in [1.165, 1.54) is 16.4 Å². The molecule has 0 fully saturated rings. The first-order chi connectivity index (χ1) is 11.8. The number of carbonyl (C=O) groups excluding carboxylic acids is 1. The molecule has 0 radical (unpaired) electrons. The normalized spacial score (nSPS) is 13.8. The van der Waals surface area contributed by atoms with Crippen LogP contribution in [0.15, 0.2) is 42.5 Å². The number of halogens is 1. The highest BCUT2D eigenvalue weighted by atomic mass is 32.2. The molecule has 0 spiro atoms. The Balaban J connectivity index is 1.74. The molecule has 1 N–H and O–H groups in total. The lowest BCUT2D eigenvalue weighted by Gasteiger charge is -2.29. The molecule has 8 heteroatoms. The van der Waals surface area contributed by atoms with Crippen LogP contribution in [0, 0.1) is 5.82 Å². The van der Waals surface area contributed by atoms with Crippen LogP contribution < -0.4 is 14.4 Å². The second kappa shape index (κ2) is 6.72. The van der Waals surface area contributed by atoms with Crippen molar-refractivity contribution in [2.45, 2.75) is 6.42 Å². The average Bonchev–Trinajstić information content (AvgIpc) is 2.55. The quantitative estimate of drug-likeness (QED) is 0.902. The zero-order valence-corrected chi connectivity index (χ0v) is 14.3. The second-order valence-corrected chi connectivity index (χ2v) is 7.62. The SMILES string of the molecule is CS(=O)(=O)N1CCOc2cc(NC(=O)Cc3ccc(F)cc3)ccc21. The molecule has 25 heavy (non-hydrogen) atoms. The van der Waals surface area contributed by atoms with Gasteiger partial charge in [0.25, 0.3) is 0 Å². The number of hydrogen-bond donors (Lipinski definition) is 1. The van der Waals surface area contributed by atoms with Gasteiger partial charge < -0.3 is 10.1 Å². The fourth-order valence-corrected chi connectivity index (χ4v) is 3.52. The monoisotopic (exact) mass is 364 g/mol. The van der Waals surface area contributed by atoms with Gasteiger partial charge in [0.1, 0.15) is 18.2 Å². The Bertz CT molecular complexity index is 897. The number of nitrogens with one attached hydrogen (secondary N) is 1. The van der Waals surface area contributed by atoms with Crippen molar-refractivity contribution in [1.29, 1.82) is 0 Å². The molecule has 0 saturated carbocycles. The largest absolute Gasteiger partial charge is 0.489 e. The third kappa shape index (κ3) is 4.08. The van der Waals surface area contributed by atoms with Crippen molar-refractivity contribution in [3.8, 4) is 5.75 Å². The molecule has 0 aromatic heterocycles. The number of ether oxygens (including phenoxy) is 1. The smallest absolute Gasteiger partial charge is 0.232 e. The Morgan fingerprint density at radius 3 is 2.64 bits per heavy atom. The minimum Gasteiger partial charge on any atom is -0.489 e. The van der Waals surface area contributed by atoms with Crippen molar-refractivity contribution in [3.63, 3.8) is 0 Å². The number of rotatable bonds is 4. The van der Waals surface area contributed by atoms with E-state index >= 15 is 0 Å². The highest BCUT2D eigenvalue weighted by molar-refractivity contribution is 7.92. The van der Waals surface area contributed by atoms with E-state index in [-0.39, 0.29) is 31.3 Å². The lowest BCUT2D eigenvalue weighted by Crippen LogP contribution is -2.37. The fraction of sp³-hybridized carbons (Fsp3) is 0.235. The summed E-state index contributed by atoms with van der Waals surface area (Å²) in [5.41, 5.74) is 1.64. The Kier molecular flexibility index (Phi) is 4.63. The number of anilines is 2.